The standard InChI is InChI=1S/C13H22N2S2/c1-9(13-10(2)17-11(3)15-13)14-8-12-4-6-16-7-5-12/h9,12,14H,4-8H2,1-3H3. The highest BCUT2D eigenvalue weighted by molar-refractivity contribution is 7.99. The molecule has 1 aromatic heterocycles. The number of thioether (sulfide) groups is 1. The summed E-state index contributed by atoms with van der Waals surface area (Å²) in [6, 6.07) is 0.398. The first-order chi connectivity index (χ1) is 8.16. The van der Waals surface area contributed by atoms with Crippen LogP contribution in [-0.2, 0) is 0 Å². The number of nitrogens with zero attached hydrogens (tertiary/aromatic N) is 1. The third-order valence-corrected chi connectivity index (χ3v) is 5.35. The van der Waals surface area contributed by atoms with E-state index in [0.29, 0.717) is 6.04 Å². The van der Waals surface area contributed by atoms with Gasteiger partial charge in [0.05, 0.1) is 10.7 Å². The molecule has 0 bridgehead atoms. The molecule has 1 aliphatic rings. The van der Waals surface area contributed by atoms with Crippen LogP contribution in [0.15, 0.2) is 0 Å². The molecule has 1 unspecified atom stereocenters. The summed E-state index contributed by atoms with van der Waals surface area (Å²) >= 11 is 3.90. The number of thiazole rings is 1. The SMILES string of the molecule is Cc1nc(C(C)NCC2CCSCC2)c(C)s1. The van der Waals surface area contributed by atoms with Crippen molar-refractivity contribution in [2.45, 2.75) is 39.7 Å². The van der Waals surface area contributed by atoms with E-state index in [0.717, 1.165) is 12.5 Å². The molecule has 0 radical (unpaired) electrons. The van der Waals surface area contributed by atoms with Gasteiger partial charge in [0.25, 0.3) is 0 Å². The van der Waals surface area contributed by atoms with Crippen LogP contribution in [0.1, 0.15) is 41.4 Å². The molecule has 0 aliphatic carbocycles. The summed E-state index contributed by atoms with van der Waals surface area (Å²) in [5.41, 5.74) is 1.25. The first-order valence-corrected chi connectivity index (χ1v) is 8.39. The summed E-state index contributed by atoms with van der Waals surface area (Å²) in [4.78, 5) is 5.99. The molecule has 1 aromatic rings. The fraction of sp³-hybridized carbons (Fsp3) is 0.769. The maximum Gasteiger partial charge on any atom is 0.0900 e. The van der Waals surface area contributed by atoms with Crippen LogP contribution in [-0.4, -0.2) is 23.0 Å². The van der Waals surface area contributed by atoms with E-state index in [9.17, 15) is 0 Å². The van der Waals surface area contributed by atoms with Crippen molar-refractivity contribution in [2.75, 3.05) is 18.1 Å². The predicted octanol–water partition coefficient (Wildman–Crippen LogP) is 3.55. The second-order valence-electron chi connectivity index (χ2n) is 4.86. The van der Waals surface area contributed by atoms with Crippen molar-refractivity contribution in [3.05, 3.63) is 15.6 Å². The van der Waals surface area contributed by atoms with Gasteiger partial charge in [-0.05, 0) is 57.6 Å². The molecule has 0 saturated carbocycles. The molecule has 2 heterocycles. The third kappa shape index (κ3) is 3.70. The van der Waals surface area contributed by atoms with E-state index in [-0.39, 0.29) is 0 Å². The molecule has 17 heavy (non-hydrogen) atoms. The highest BCUT2D eigenvalue weighted by atomic mass is 32.2. The Labute approximate surface area is 113 Å². The van der Waals surface area contributed by atoms with Crippen molar-refractivity contribution in [3.63, 3.8) is 0 Å². The summed E-state index contributed by atoms with van der Waals surface area (Å²) < 4.78 is 0. The van der Waals surface area contributed by atoms with Crippen LogP contribution in [0.5, 0.6) is 0 Å². The summed E-state index contributed by atoms with van der Waals surface area (Å²) in [5, 5.41) is 4.84. The Hall–Kier alpha value is -0.0600. The molecule has 1 saturated heterocycles. The lowest BCUT2D eigenvalue weighted by Gasteiger charge is -2.23. The minimum atomic E-state index is 0.398. The molecule has 4 heteroatoms. The maximum atomic E-state index is 4.63. The second kappa shape index (κ2) is 6.21. The maximum absolute atomic E-state index is 4.63. The Morgan fingerprint density at radius 3 is 2.65 bits per heavy atom. The topological polar surface area (TPSA) is 24.9 Å². The summed E-state index contributed by atoms with van der Waals surface area (Å²) in [6.07, 6.45) is 2.75. The molecule has 0 amide bonds. The van der Waals surface area contributed by atoms with Crippen molar-refractivity contribution in [1.82, 2.24) is 10.3 Å². The van der Waals surface area contributed by atoms with E-state index in [1.807, 2.05) is 0 Å². The quantitative estimate of drug-likeness (QED) is 0.905. The Bertz CT molecular complexity index is 356. The van der Waals surface area contributed by atoms with Crippen LogP contribution < -0.4 is 5.32 Å². The molecule has 1 atom stereocenters. The van der Waals surface area contributed by atoms with Crippen LogP contribution in [0.25, 0.3) is 0 Å². The van der Waals surface area contributed by atoms with Crippen molar-refractivity contribution in [1.29, 1.82) is 0 Å². The van der Waals surface area contributed by atoms with Gasteiger partial charge in [-0.25, -0.2) is 4.98 Å². The van der Waals surface area contributed by atoms with Gasteiger partial charge in [-0.1, -0.05) is 0 Å². The largest absolute Gasteiger partial charge is 0.309 e. The van der Waals surface area contributed by atoms with Crippen LogP contribution in [0.2, 0.25) is 0 Å². The lowest BCUT2D eigenvalue weighted by atomic mass is 10.0. The number of hydrogen-bond acceptors (Lipinski definition) is 4. The van der Waals surface area contributed by atoms with Crippen molar-refractivity contribution in [2.24, 2.45) is 5.92 Å². The number of aromatic nitrogens is 1. The van der Waals surface area contributed by atoms with E-state index in [1.165, 1.54) is 39.9 Å². The van der Waals surface area contributed by atoms with E-state index in [2.05, 4.69) is 42.8 Å². The number of rotatable bonds is 4. The van der Waals surface area contributed by atoms with Crippen LogP contribution in [0.4, 0.5) is 0 Å². The molecule has 1 fully saturated rings. The van der Waals surface area contributed by atoms with Gasteiger partial charge in [-0.15, -0.1) is 11.3 Å². The zero-order valence-corrected chi connectivity index (χ0v) is 12.6. The second-order valence-corrected chi connectivity index (χ2v) is 7.49. The molecular formula is C13H22N2S2. The van der Waals surface area contributed by atoms with Crippen LogP contribution in [0.3, 0.4) is 0 Å². The predicted molar refractivity (Wildman–Crippen MR) is 78.1 cm³/mol. The summed E-state index contributed by atoms with van der Waals surface area (Å²) in [5.74, 6) is 3.56. The van der Waals surface area contributed by atoms with Gasteiger partial charge in [0, 0.05) is 10.9 Å². The molecule has 96 valence electrons. The molecule has 1 N–H and O–H groups in total. The zero-order valence-electron chi connectivity index (χ0n) is 11.0. The van der Waals surface area contributed by atoms with Crippen molar-refractivity contribution >= 4 is 23.1 Å². The first kappa shape index (κ1) is 13.4. The highest BCUT2D eigenvalue weighted by Gasteiger charge is 2.17. The first-order valence-electron chi connectivity index (χ1n) is 6.42. The number of hydrogen-bond donors (Lipinski definition) is 1. The lowest BCUT2D eigenvalue weighted by Crippen LogP contribution is -2.28. The monoisotopic (exact) mass is 270 g/mol. The third-order valence-electron chi connectivity index (χ3n) is 3.40. The van der Waals surface area contributed by atoms with Gasteiger partial charge in [-0.3, -0.25) is 0 Å². The summed E-state index contributed by atoms with van der Waals surface area (Å²) in [6.45, 7) is 7.65. The molecule has 0 aromatic carbocycles. The normalized spacial score (nSPS) is 19.5. The van der Waals surface area contributed by atoms with Gasteiger partial charge in [0.2, 0.25) is 0 Å². The van der Waals surface area contributed by atoms with Crippen LogP contribution >= 0.6 is 23.1 Å². The van der Waals surface area contributed by atoms with Crippen molar-refractivity contribution < 1.29 is 0 Å². The average molecular weight is 270 g/mol. The smallest absolute Gasteiger partial charge is 0.0900 e. The van der Waals surface area contributed by atoms with Gasteiger partial charge in [-0.2, -0.15) is 11.8 Å². The zero-order chi connectivity index (χ0) is 12.3. The molecule has 2 rings (SSSR count). The van der Waals surface area contributed by atoms with Gasteiger partial charge >= 0.3 is 0 Å². The fourth-order valence-electron chi connectivity index (χ4n) is 2.34. The molecule has 2 nitrogen and oxygen atoms in total. The Morgan fingerprint density at radius 2 is 2.06 bits per heavy atom. The molecule has 0 spiro atoms. The van der Waals surface area contributed by atoms with Crippen LogP contribution in [0, 0.1) is 19.8 Å². The van der Waals surface area contributed by atoms with E-state index < -0.39 is 0 Å². The van der Waals surface area contributed by atoms with E-state index in [4.69, 9.17) is 0 Å². The highest BCUT2D eigenvalue weighted by Crippen LogP contribution is 2.25. The fourth-order valence-corrected chi connectivity index (χ4v) is 4.46. The number of aryl methyl sites for hydroxylation is 2. The summed E-state index contributed by atoms with van der Waals surface area (Å²) in [7, 11) is 0. The van der Waals surface area contributed by atoms with Gasteiger partial charge < -0.3 is 5.32 Å². The molecular weight excluding hydrogens is 248 g/mol. The average Bonchev–Trinajstić information content (AvgIpc) is 2.67. The Kier molecular flexibility index (Phi) is 4.88. The molecule has 1 aliphatic heterocycles. The van der Waals surface area contributed by atoms with E-state index >= 15 is 0 Å². The van der Waals surface area contributed by atoms with Crippen molar-refractivity contribution in [3.8, 4) is 0 Å². The van der Waals surface area contributed by atoms with Gasteiger partial charge in [0.1, 0.15) is 0 Å². The Morgan fingerprint density at radius 1 is 1.35 bits per heavy atom. The number of nitrogens with one attached hydrogen (secondary N) is 1. The lowest BCUT2D eigenvalue weighted by molar-refractivity contribution is 0.418. The minimum absolute atomic E-state index is 0.398. The Balaban J connectivity index is 1.84. The minimum Gasteiger partial charge on any atom is -0.309 e. The van der Waals surface area contributed by atoms with Gasteiger partial charge in [0.15, 0.2) is 0 Å². The van der Waals surface area contributed by atoms with E-state index in [1.54, 1.807) is 11.3 Å².